The van der Waals surface area contributed by atoms with Gasteiger partial charge in [-0.25, -0.2) is 19.9 Å². The van der Waals surface area contributed by atoms with Crippen molar-refractivity contribution in [1.29, 1.82) is 0 Å². The second-order valence-electron chi connectivity index (χ2n) is 6.49. The molecule has 0 saturated carbocycles. The van der Waals surface area contributed by atoms with Crippen LogP contribution < -0.4 is 18.9 Å². The van der Waals surface area contributed by atoms with Gasteiger partial charge in [0.05, 0.1) is 8.30 Å². The first kappa shape index (κ1) is 21.0. The van der Waals surface area contributed by atoms with Crippen molar-refractivity contribution in [2.24, 2.45) is 0 Å². The van der Waals surface area contributed by atoms with Gasteiger partial charge in [-0.3, -0.25) is 4.72 Å². The molecule has 0 aliphatic heterocycles. The van der Waals surface area contributed by atoms with Gasteiger partial charge in [0.1, 0.15) is 19.5 Å². The van der Waals surface area contributed by atoms with Gasteiger partial charge in [-0.1, -0.05) is 35.0 Å². The van der Waals surface area contributed by atoms with Gasteiger partial charge < -0.3 is 9.47 Å². The van der Waals surface area contributed by atoms with Crippen molar-refractivity contribution in [3.05, 3.63) is 53.0 Å². The van der Waals surface area contributed by atoms with Crippen LogP contribution in [0.15, 0.2) is 47.5 Å². The molecule has 0 spiro atoms. The zero-order valence-corrected chi connectivity index (χ0v) is 19.8. The van der Waals surface area contributed by atoms with Crippen LogP contribution in [0.5, 0.6) is 11.9 Å². The fourth-order valence-corrected chi connectivity index (χ4v) is 3.67. The summed E-state index contributed by atoms with van der Waals surface area (Å²) in [4.78, 5) is 16.1. The van der Waals surface area contributed by atoms with E-state index in [9.17, 15) is 8.42 Å². The maximum atomic E-state index is 12.4. The van der Waals surface area contributed by atoms with E-state index in [1.54, 1.807) is 36.7 Å². The van der Waals surface area contributed by atoms with Crippen LogP contribution in [0.4, 0.5) is 5.82 Å². The molecule has 32 heavy (non-hydrogen) atoms. The van der Waals surface area contributed by atoms with E-state index < -0.39 is 23.4 Å². The van der Waals surface area contributed by atoms with Gasteiger partial charge in [-0.2, -0.15) is 13.1 Å². The molecule has 3 rings (SSSR count). The van der Waals surface area contributed by atoms with Crippen LogP contribution in [-0.2, 0) is 10.2 Å². The largest absolute Gasteiger partial charge is 0.473 e. The van der Waals surface area contributed by atoms with Crippen molar-refractivity contribution in [2.45, 2.75) is 20.3 Å². The van der Waals surface area contributed by atoms with Crippen LogP contribution in [0.25, 0.3) is 11.1 Å². The molecule has 10 nitrogen and oxygen atoms in total. The van der Waals surface area contributed by atoms with E-state index in [1.807, 2.05) is 13.8 Å². The molecule has 0 amide bonds. The Balaban J connectivity index is 1.92. The van der Waals surface area contributed by atoms with Gasteiger partial charge in [0.25, 0.3) is 10.2 Å². The number of hydrogen-bond donors (Lipinski definition) is 2. The van der Waals surface area contributed by atoms with E-state index in [0.29, 0.717) is 12.0 Å². The highest BCUT2D eigenvalue weighted by Gasteiger charge is 2.19. The minimum absolute atomic E-state index is 0.00987. The van der Waals surface area contributed by atoms with Gasteiger partial charge in [0, 0.05) is 23.4 Å². The fourth-order valence-electron chi connectivity index (χ4n) is 2.45. The quantitative estimate of drug-likeness (QED) is 0.391. The molecule has 170 valence electrons. The lowest BCUT2D eigenvalue weighted by molar-refractivity contribution is 0.202. The third-order valence-electron chi connectivity index (χ3n) is 3.90. The molecule has 0 unspecified atom stereocenters. The lowest BCUT2D eigenvalue weighted by Gasteiger charge is -2.15. The maximum absolute atomic E-state index is 12.4. The maximum Gasteiger partial charge on any atom is 0.316 e. The van der Waals surface area contributed by atoms with Gasteiger partial charge >= 0.3 is 6.01 Å². The minimum atomic E-state index is -3.94. The normalized spacial score (nSPS) is 12.6. The Hall–Kier alpha value is -2.83. The molecule has 0 saturated heterocycles. The molecule has 12 heteroatoms. The van der Waals surface area contributed by atoms with E-state index in [0.717, 1.165) is 16.4 Å². The number of aryl methyl sites for hydroxylation is 1. The van der Waals surface area contributed by atoms with Gasteiger partial charge in [-0.05, 0) is 36.6 Å². The summed E-state index contributed by atoms with van der Waals surface area (Å²) in [6.07, 6.45) is 4.76. The summed E-state index contributed by atoms with van der Waals surface area (Å²) in [5, 5.41) is 0. The summed E-state index contributed by atoms with van der Waals surface area (Å²) in [6, 6.07) is 6.86. The number of anilines is 1. The molecule has 2 aromatic heterocycles. The van der Waals surface area contributed by atoms with Crippen molar-refractivity contribution in [2.75, 3.05) is 24.4 Å². The first-order valence-corrected chi connectivity index (χ1v) is 11.8. The SMILES string of the molecule is [2H]C([2H])(COc1ncc(C)cn1)Oc1ncnc(NS(=O)(=O)NCCC)c1-c1ccc(Br)cc1. The lowest BCUT2D eigenvalue weighted by Crippen LogP contribution is -2.31. The molecule has 2 heterocycles. The average Bonchev–Trinajstić information content (AvgIpc) is 2.78. The van der Waals surface area contributed by atoms with E-state index in [-0.39, 0.29) is 29.8 Å². The molecule has 0 atom stereocenters. The van der Waals surface area contributed by atoms with Gasteiger partial charge in [0.15, 0.2) is 5.82 Å². The molecule has 0 aliphatic carbocycles. The molecule has 2 N–H and O–H groups in total. The van der Waals surface area contributed by atoms with Crippen molar-refractivity contribution < 1.29 is 20.6 Å². The second-order valence-corrected chi connectivity index (χ2v) is 8.90. The Morgan fingerprint density at radius 2 is 1.81 bits per heavy atom. The number of rotatable bonds is 11. The van der Waals surface area contributed by atoms with E-state index in [4.69, 9.17) is 12.2 Å². The molecule has 0 aliphatic rings. The summed E-state index contributed by atoms with van der Waals surface area (Å²) in [5.74, 6) is -0.251. The Morgan fingerprint density at radius 3 is 2.50 bits per heavy atom. The first-order valence-electron chi connectivity index (χ1n) is 10.6. The van der Waals surface area contributed by atoms with E-state index in [2.05, 4.69) is 45.3 Å². The Kier molecular flexibility index (Phi) is 7.34. The van der Waals surface area contributed by atoms with E-state index >= 15 is 0 Å². The highest BCUT2D eigenvalue weighted by Crippen LogP contribution is 2.34. The topological polar surface area (TPSA) is 128 Å². The highest BCUT2D eigenvalue weighted by molar-refractivity contribution is 9.10. The molecule has 0 fully saturated rings. The van der Waals surface area contributed by atoms with Gasteiger partial charge in [-0.15, -0.1) is 0 Å². The standard InChI is InChI=1S/C20H23BrN6O4S/c1-3-8-26-32(28,29)27-18-17(15-4-6-16(21)7-5-15)19(25-13-24-18)30-9-10-31-20-22-11-14(2)12-23-20/h4-7,11-13,26H,3,8-10H2,1-2H3,(H,24,25,27)/i9D2. The number of nitrogens with zero attached hydrogens (tertiary/aromatic N) is 4. The zero-order valence-electron chi connectivity index (χ0n) is 19.4. The molecular weight excluding hydrogens is 500 g/mol. The third kappa shape index (κ3) is 6.84. The van der Waals surface area contributed by atoms with Gasteiger partial charge in [0.2, 0.25) is 5.88 Å². The van der Waals surface area contributed by atoms with E-state index in [1.165, 1.54) is 0 Å². The van der Waals surface area contributed by atoms with Crippen LogP contribution in [0.1, 0.15) is 21.6 Å². The number of aromatic nitrogens is 4. The molecule has 0 bridgehead atoms. The predicted octanol–water partition coefficient (Wildman–Crippen LogP) is 3.12. The highest BCUT2D eigenvalue weighted by atomic mass is 79.9. The number of benzene rings is 1. The molecule has 0 radical (unpaired) electrons. The number of halogens is 1. The molecular formula is C20H23BrN6O4S. The Morgan fingerprint density at radius 1 is 1.09 bits per heavy atom. The number of ether oxygens (including phenoxy) is 2. The predicted molar refractivity (Wildman–Crippen MR) is 124 cm³/mol. The summed E-state index contributed by atoms with van der Waals surface area (Å²) >= 11 is 3.36. The molecule has 3 aromatic rings. The third-order valence-corrected chi connectivity index (χ3v) is 5.48. The van der Waals surface area contributed by atoms with Crippen molar-refractivity contribution in [3.8, 4) is 23.0 Å². The van der Waals surface area contributed by atoms with Crippen LogP contribution >= 0.6 is 15.9 Å². The summed E-state index contributed by atoms with van der Waals surface area (Å²) < 4.78 is 57.8. The van der Waals surface area contributed by atoms with Crippen molar-refractivity contribution >= 4 is 32.0 Å². The fraction of sp³-hybridized carbons (Fsp3) is 0.300. The summed E-state index contributed by atoms with van der Waals surface area (Å²) in [7, 11) is -3.94. The first-order chi connectivity index (χ1) is 16.1. The Bertz CT molecular complexity index is 1210. The smallest absolute Gasteiger partial charge is 0.316 e. The zero-order chi connectivity index (χ0) is 24.8. The average molecular weight is 525 g/mol. The van der Waals surface area contributed by atoms with Crippen molar-refractivity contribution in [3.63, 3.8) is 0 Å². The van der Waals surface area contributed by atoms with Crippen LogP contribution in [0.2, 0.25) is 0 Å². The van der Waals surface area contributed by atoms with Crippen LogP contribution in [0, 0.1) is 6.92 Å². The second kappa shape index (κ2) is 11.2. The van der Waals surface area contributed by atoms with Crippen LogP contribution in [0.3, 0.4) is 0 Å². The Labute approximate surface area is 198 Å². The summed E-state index contributed by atoms with van der Waals surface area (Å²) in [6.45, 7) is 0.980. The summed E-state index contributed by atoms with van der Waals surface area (Å²) in [5.41, 5.74) is 1.49. The van der Waals surface area contributed by atoms with Crippen molar-refractivity contribution in [1.82, 2.24) is 24.7 Å². The molecule has 1 aromatic carbocycles. The lowest BCUT2D eigenvalue weighted by atomic mass is 10.1. The van der Waals surface area contributed by atoms with Crippen LogP contribution in [-0.4, -0.2) is 48.1 Å². The minimum Gasteiger partial charge on any atom is -0.473 e. The number of nitrogens with one attached hydrogen (secondary N) is 2. The monoisotopic (exact) mass is 524 g/mol. The number of hydrogen-bond acceptors (Lipinski definition) is 8.